The first kappa shape index (κ1) is 15.2. The number of ether oxygens (including phenoxy) is 1. The molecule has 0 heterocycles. The fraction of sp³-hybridized carbons (Fsp3) is 0.200. The third-order valence-corrected chi connectivity index (χ3v) is 2.89. The van der Waals surface area contributed by atoms with Crippen molar-refractivity contribution in [3.8, 4) is 5.75 Å². The molecule has 0 spiro atoms. The van der Waals surface area contributed by atoms with Gasteiger partial charge in [0.05, 0.1) is 5.56 Å². The lowest BCUT2D eigenvalue weighted by Gasteiger charge is -2.14. The fourth-order valence-corrected chi connectivity index (χ4v) is 1.75. The van der Waals surface area contributed by atoms with E-state index >= 15 is 0 Å². The molecular formula is C15H14F3NO2. The number of benzene rings is 2. The molecule has 0 bridgehead atoms. The standard InChI is InChI=1S/C15H14F3NO2/c16-15(17,18)11-2-1-3-13(8-11)21-9-14(20)10-4-6-12(19)7-5-10/h1-8,14,20H,9,19H2. The van der Waals surface area contributed by atoms with Crippen LogP contribution in [0.4, 0.5) is 18.9 Å². The zero-order valence-electron chi connectivity index (χ0n) is 11.0. The Hall–Kier alpha value is -2.21. The van der Waals surface area contributed by atoms with E-state index in [1.807, 2.05) is 0 Å². The van der Waals surface area contributed by atoms with Crippen molar-refractivity contribution in [2.45, 2.75) is 12.3 Å². The normalized spacial score (nSPS) is 13.0. The third kappa shape index (κ3) is 4.13. The quantitative estimate of drug-likeness (QED) is 0.850. The third-order valence-electron chi connectivity index (χ3n) is 2.89. The summed E-state index contributed by atoms with van der Waals surface area (Å²) in [7, 11) is 0. The molecule has 3 N–H and O–H groups in total. The summed E-state index contributed by atoms with van der Waals surface area (Å²) >= 11 is 0. The number of hydrogen-bond donors (Lipinski definition) is 2. The highest BCUT2D eigenvalue weighted by Crippen LogP contribution is 2.31. The van der Waals surface area contributed by atoms with E-state index in [4.69, 9.17) is 10.5 Å². The van der Waals surface area contributed by atoms with Gasteiger partial charge in [-0.3, -0.25) is 0 Å². The van der Waals surface area contributed by atoms with Gasteiger partial charge in [0.1, 0.15) is 18.5 Å². The predicted octanol–water partition coefficient (Wildman–Crippen LogP) is 3.40. The van der Waals surface area contributed by atoms with E-state index in [2.05, 4.69) is 0 Å². The second kappa shape index (κ2) is 6.05. The van der Waals surface area contributed by atoms with E-state index in [0.717, 1.165) is 12.1 Å². The van der Waals surface area contributed by atoms with Crippen LogP contribution in [0.15, 0.2) is 48.5 Å². The molecule has 0 saturated heterocycles. The van der Waals surface area contributed by atoms with Crippen LogP contribution >= 0.6 is 0 Å². The topological polar surface area (TPSA) is 55.5 Å². The van der Waals surface area contributed by atoms with Gasteiger partial charge < -0.3 is 15.6 Å². The molecule has 0 aromatic heterocycles. The molecule has 112 valence electrons. The molecule has 1 unspecified atom stereocenters. The molecule has 0 aliphatic heterocycles. The first-order chi connectivity index (χ1) is 9.86. The summed E-state index contributed by atoms with van der Waals surface area (Å²) < 4.78 is 42.9. The van der Waals surface area contributed by atoms with Gasteiger partial charge in [-0.2, -0.15) is 13.2 Å². The molecule has 2 aromatic carbocycles. The van der Waals surface area contributed by atoms with Crippen LogP contribution in [0.2, 0.25) is 0 Å². The minimum Gasteiger partial charge on any atom is -0.491 e. The Balaban J connectivity index is 2.01. The molecule has 0 aliphatic rings. The van der Waals surface area contributed by atoms with E-state index < -0.39 is 17.8 Å². The lowest BCUT2D eigenvalue weighted by molar-refractivity contribution is -0.137. The van der Waals surface area contributed by atoms with Crippen LogP contribution in [0.25, 0.3) is 0 Å². The molecule has 2 rings (SSSR count). The highest BCUT2D eigenvalue weighted by Gasteiger charge is 2.30. The molecule has 2 aromatic rings. The molecule has 3 nitrogen and oxygen atoms in total. The van der Waals surface area contributed by atoms with Crippen molar-refractivity contribution in [2.24, 2.45) is 0 Å². The van der Waals surface area contributed by atoms with Gasteiger partial charge in [-0.25, -0.2) is 0 Å². The maximum Gasteiger partial charge on any atom is 0.416 e. The van der Waals surface area contributed by atoms with Crippen molar-refractivity contribution < 1.29 is 23.0 Å². The van der Waals surface area contributed by atoms with Gasteiger partial charge in [-0.15, -0.1) is 0 Å². The Bertz CT molecular complexity index is 597. The number of nitrogens with two attached hydrogens (primary N) is 1. The number of aliphatic hydroxyl groups is 1. The van der Waals surface area contributed by atoms with Crippen molar-refractivity contribution in [3.63, 3.8) is 0 Å². The molecule has 0 amide bonds. The van der Waals surface area contributed by atoms with E-state index in [9.17, 15) is 18.3 Å². The second-order valence-electron chi connectivity index (χ2n) is 4.52. The molecular weight excluding hydrogens is 283 g/mol. The van der Waals surface area contributed by atoms with Crippen molar-refractivity contribution in [1.29, 1.82) is 0 Å². The highest BCUT2D eigenvalue weighted by atomic mass is 19.4. The number of halogens is 3. The van der Waals surface area contributed by atoms with Crippen LogP contribution in [0.5, 0.6) is 5.75 Å². The number of rotatable bonds is 4. The van der Waals surface area contributed by atoms with E-state index in [1.54, 1.807) is 24.3 Å². The Morgan fingerprint density at radius 2 is 1.76 bits per heavy atom. The largest absolute Gasteiger partial charge is 0.491 e. The Kier molecular flexibility index (Phi) is 4.37. The Labute approximate surface area is 119 Å². The average molecular weight is 297 g/mol. The second-order valence-corrected chi connectivity index (χ2v) is 4.52. The number of anilines is 1. The summed E-state index contributed by atoms with van der Waals surface area (Å²) in [6.07, 6.45) is -5.37. The Morgan fingerprint density at radius 3 is 2.38 bits per heavy atom. The Morgan fingerprint density at radius 1 is 1.10 bits per heavy atom. The van der Waals surface area contributed by atoms with Gasteiger partial charge in [-0.1, -0.05) is 18.2 Å². The SMILES string of the molecule is Nc1ccc(C(O)COc2cccc(C(F)(F)F)c2)cc1. The van der Waals surface area contributed by atoms with E-state index in [0.29, 0.717) is 11.3 Å². The number of alkyl halides is 3. The fourth-order valence-electron chi connectivity index (χ4n) is 1.75. The summed E-state index contributed by atoms with van der Waals surface area (Å²) in [6, 6.07) is 11.0. The van der Waals surface area contributed by atoms with Crippen LogP contribution in [-0.4, -0.2) is 11.7 Å². The summed E-state index contributed by atoms with van der Waals surface area (Å²) in [6.45, 7) is -0.148. The smallest absolute Gasteiger partial charge is 0.416 e. The van der Waals surface area contributed by atoms with Gasteiger partial charge in [-0.05, 0) is 35.9 Å². The number of hydrogen-bond acceptors (Lipinski definition) is 3. The summed E-state index contributed by atoms with van der Waals surface area (Å²) in [5, 5.41) is 9.91. The van der Waals surface area contributed by atoms with Gasteiger partial charge >= 0.3 is 6.18 Å². The van der Waals surface area contributed by atoms with Crippen LogP contribution in [0, 0.1) is 0 Å². The summed E-state index contributed by atoms with van der Waals surface area (Å²) in [5.41, 5.74) is 5.88. The summed E-state index contributed by atoms with van der Waals surface area (Å²) in [5.74, 6) is 0.0549. The monoisotopic (exact) mass is 297 g/mol. The minimum atomic E-state index is -4.42. The van der Waals surface area contributed by atoms with Crippen molar-refractivity contribution >= 4 is 5.69 Å². The molecule has 0 aliphatic carbocycles. The lowest BCUT2D eigenvalue weighted by Crippen LogP contribution is -2.10. The maximum absolute atomic E-state index is 12.6. The molecule has 0 saturated carbocycles. The molecule has 1 atom stereocenters. The maximum atomic E-state index is 12.6. The van der Waals surface area contributed by atoms with Gasteiger partial charge in [0.15, 0.2) is 0 Å². The van der Waals surface area contributed by atoms with Crippen LogP contribution in [0.1, 0.15) is 17.2 Å². The molecule has 6 heteroatoms. The lowest BCUT2D eigenvalue weighted by atomic mass is 10.1. The van der Waals surface area contributed by atoms with Gasteiger partial charge in [0.2, 0.25) is 0 Å². The number of aliphatic hydroxyl groups excluding tert-OH is 1. The van der Waals surface area contributed by atoms with Crippen LogP contribution in [-0.2, 0) is 6.18 Å². The van der Waals surface area contributed by atoms with Gasteiger partial charge in [0, 0.05) is 5.69 Å². The highest BCUT2D eigenvalue weighted by molar-refractivity contribution is 5.40. The number of nitrogen functional groups attached to an aromatic ring is 1. The molecule has 0 fully saturated rings. The molecule has 0 radical (unpaired) electrons. The van der Waals surface area contributed by atoms with Crippen LogP contribution < -0.4 is 10.5 Å². The first-order valence-corrected chi connectivity index (χ1v) is 6.20. The zero-order chi connectivity index (χ0) is 15.5. The van der Waals surface area contributed by atoms with Crippen molar-refractivity contribution in [1.82, 2.24) is 0 Å². The van der Waals surface area contributed by atoms with Crippen molar-refractivity contribution in [3.05, 3.63) is 59.7 Å². The first-order valence-electron chi connectivity index (χ1n) is 6.20. The van der Waals surface area contributed by atoms with E-state index in [1.165, 1.54) is 12.1 Å². The van der Waals surface area contributed by atoms with Gasteiger partial charge in [0.25, 0.3) is 0 Å². The molecule has 21 heavy (non-hydrogen) atoms. The van der Waals surface area contributed by atoms with E-state index in [-0.39, 0.29) is 12.4 Å². The average Bonchev–Trinajstić information content (AvgIpc) is 2.45. The van der Waals surface area contributed by atoms with Crippen LogP contribution in [0.3, 0.4) is 0 Å². The zero-order valence-corrected chi connectivity index (χ0v) is 11.0. The predicted molar refractivity (Wildman–Crippen MR) is 72.8 cm³/mol. The summed E-state index contributed by atoms with van der Waals surface area (Å²) in [4.78, 5) is 0. The minimum absolute atomic E-state index is 0.0549. The van der Waals surface area contributed by atoms with Crippen molar-refractivity contribution in [2.75, 3.05) is 12.3 Å².